The van der Waals surface area contributed by atoms with Crippen LogP contribution < -0.4 is 4.90 Å². The molecule has 6 nitrogen and oxygen atoms in total. The topological polar surface area (TPSA) is 73.7 Å². The molecule has 3 fully saturated rings. The number of fused-ring (bicyclic) bond motifs is 1. The van der Waals surface area contributed by atoms with Crippen molar-refractivity contribution in [3.63, 3.8) is 0 Å². The first-order valence-corrected chi connectivity index (χ1v) is 10.5. The van der Waals surface area contributed by atoms with E-state index in [-0.39, 0.29) is 0 Å². The molecule has 0 aromatic carbocycles. The van der Waals surface area contributed by atoms with E-state index in [0.29, 0.717) is 23.7 Å². The van der Waals surface area contributed by atoms with E-state index >= 15 is 0 Å². The van der Waals surface area contributed by atoms with Gasteiger partial charge in [-0.25, -0.2) is 4.79 Å². The summed E-state index contributed by atoms with van der Waals surface area (Å²) in [5.74, 6) is -0.337. The summed E-state index contributed by atoms with van der Waals surface area (Å²) in [5.41, 5.74) is 1.22. The van der Waals surface area contributed by atoms with Crippen molar-refractivity contribution in [2.45, 2.75) is 44.7 Å². The molecule has 3 aliphatic rings. The average Bonchev–Trinajstić information content (AvgIpc) is 3.37. The number of halogens is 3. The average molecular weight is 427 g/mol. The molecule has 0 bridgehead atoms. The number of anilines is 1. The second kappa shape index (κ2) is 9.66. The third-order valence-electron chi connectivity index (χ3n) is 6.35. The molecule has 1 N–H and O–H groups in total. The summed E-state index contributed by atoms with van der Waals surface area (Å²) in [7, 11) is 0. The Balaban J connectivity index is 0.000000318. The highest BCUT2D eigenvalue weighted by molar-refractivity contribution is 5.77. The second-order valence-corrected chi connectivity index (χ2v) is 8.42. The molecule has 166 valence electrons. The maximum absolute atomic E-state index is 12.6. The van der Waals surface area contributed by atoms with Crippen LogP contribution in [-0.2, 0) is 9.59 Å². The van der Waals surface area contributed by atoms with Gasteiger partial charge in [-0.3, -0.25) is 9.78 Å². The van der Waals surface area contributed by atoms with E-state index in [1.807, 2.05) is 18.5 Å². The van der Waals surface area contributed by atoms with Gasteiger partial charge in [0, 0.05) is 38.8 Å². The van der Waals surface area contributed by atoms with Crippen molar-refractivity contribution in [2.75, 3.05) is 31.1 Å². The van der Waals surface area contributed by atoms with Crippen molar-refractivity contribution in [2.24, 2.45) is 17.8 Å². The molecule has 4 rings (SSSR count). The molecular weight excluding hydrogens is 399 g/mol. The number of alkyl halides is 3. The van der Waals surface area contributed by atoms with E-state index in [2.05, 4.69) is 20.9 Å². The summed E-state index contributed by atoms with van der Waals surface area (Å²) in [6.45, 7) is 4.13. The van der Waals surface area contributed by atoms with Crippen LogP contribution in [0.2, 0.25) is 0 Å². The van der Waals surface area contributed by atoms with Gasteiger partial charge in [0.25, 0.3) is 0 Å². The lowest BCUT2D eigenvalue weighted by atomic mass is 9.88. The summed E-state index contributed by atoms with van der Waals surface area (Å²) < 4.78 is 31.7. The van der Waals surface area contributed by atoms with Crippen molar-refractivity contribution in [1.82, 2.24) is 9.88 Å². The minimum atomic E-state index is -5.08. The quantitative estimate of drug-likeness (QED) is 0.798. The van der Waals surface area contributed by atoms with Crippen LogP contribution in [0, 0.1) is 17.8 Å². The third-order valence-corrected chi connectivity index (χ3v) is 6.35. The number of carbonyl (C=O) groups is 2. The molecule has 30 heavy (non-hydrogen) atoms. The lowest BCUT2D eigenvalue weighted by molar-refractivity contribution is -0.192. The number of aliphatic carboxylic acids is 1. The number of piperidine rings is 1. The van der Waals surface area contributed by atoms with E-state index in [1.54, 1.807) is 0 Å². The van der Waals surface area contributed by atoms with E-state index in [4.69, 9.17) is 9.90 Å². The number of rotatable bonds is 3. The van der Waals surface area contributed by atoms with Crippen molar-refractivity contribution < 1.29 is 27.9 Å². The predicted molar refractivity (Wildman–Crippen MR) is 105 cm³/mol. The van der Waals surface area contributed by atoms with Gasteiger partial charge in [0.15, 0.2) is 0 Å². The summed E-state index contributed by atoms with van der Waals surface area (Å²) >= 11 is 0. The van der Waals surface area contributed by atoms with Gasteiger partial charge < -0.3 is 14.9 Å². The SMILES string of the molecule is O=C(CC1CCCC1)N1C[C@@H]2CCN(c3cccnc3)C[C@@H]2C1.O=C(O)C(F)(F)F. The highest BCUT2D eigenvalue weighted by Crippen LogP contribution is 2.35. The molecule has 1 saturated carbocycles. The Hall–Kier alpha value is -2.32. The Kier molecular flexibility index (Phi) is 7.20. The molecule has 3 heterocycles. The number of aromatic nitrogens is 1. The lowest BCUT2D eigenvalue weighted by Crippen LogP contribution is -2.40. The van der Waals surface area contributed by atoms with E-state index in [1.165, 1.54) is 37.8 Å². The summed E-state index contributed by atoms with van der Waals surface area (Å²) in [6, 6.07) is 4.15. The van der Waals surface area contributed by atoms with Crippen LogP contribution in [0.1, 0.15) is 38.5 Å². The highest BCUT2D eigenvalue weighted by atomic mass is 19.4. The Morgan fingerprint density at radius 2 is 1.77 bits per heavy atom. The number of amides is 1. The fraction of sp³-hybridized carbons (Fsp3) is 0.667. The maximum atomic E-state index is 12.6. The molecule has 2 atom stereocenters. The zero-order valence-corrected chi connectivity index (χ0v) is 16.9. The molecule has 9 heteroatoms. The maximum Gasteiger partial charge on any atom is 0.490 e. The minimum absolute atomic E-state index is 0.416. The molecule has 1 aromatic heterocycles. The second-order valence-electron chi connectivity index (χ2n) is 8.42. The molecular formula is C21H28F3N3O3. The van der Waals surface area contributed by atoms with Crippen LogP contribution in [0.5, 0.6) is 0 Å². The molecule has 1 amide bonds. The molecule has 1 aliphatic carbocycles. The van der Waals surface area contributed by atoms with E-state index in [9.17, 15) is 18.0 Å². The van der Waals surface area contributed by atoms with Crippen molar-refractivity contribution in [3.8, 4) is 0 Å². The predicted octanol–water partition coefficient (Wildman–Crippen LogP) is 3.58. The minimum Gasteiger partial charge on any atom is -0.475 e. The van der Waals surface area contributed by atoms with Crippen molar-refractivity contribution in [3.05, 3.63) is 24.5 Å². The third kappa shape index (κ3) is 5.86. The van der Waals surface area contributed by atoms with Gasteiger partial charge in [-0.15, -0.1) is 0 Å². The van der Waals surface area contributed by atoms with Crippen molar-refractivity contribution in [1.29, 1.82) is 0 Å². The number of carbonyl (C=O) groups excluding carboxylic acids is 1. The van der Waals surface area contributed by atoms with Gasteiger partial charge in [-0.05, 0) is 49.1 Å². The number of hydrogen-bond donors (Lipinski definition) is 1. The number of likely N-dealkylation sites (tertiary alicyclic amines) is 1. The molecule has 0 spiro atoms. The monoisotopic (exact) mass is 427 g/mol. The number of carboxylic acid groups (broad SMARTS) is 1. The summed E-state index contributed by atoms with van der Waals surface area (Å²) in [4.78, 5) is 30.3. The fourth-order valence-electron chi connectivity index (χ4n) is 4.74. The Morgan fingerprint density at radius 1 is 1.10 bits per heavy atom. The van der Waals surface area contributed by atoms with Gasteiger partial charge >= 0.3 is 12.1 Å². The van der Waals surface area contributed by atoms with Crippen LogP contribution >= 0.6 is 0 Å². The number of hydrogen-bond acceptors (Lipinski definition) is 4. The largest absolute Gasteiger partial charge is 0.490 e. The Labute approximate surface area is 174 Å². The first-order chi connectivity index (χ1) is 14.2. The Morgan fingerprint density at radius 3 is 2.37 bits per heavy atom. The van der Waals surface area contributed by atoms with Gasteiger partial charge in [-0.2, -0.15) is 13.2 Å². The van der Waals surface area contributed by atoms with Crippen LogP contribution in [0.25, 0.3) is 0 Å². The van der Waals surface area contributed by atoms with Crippen LogP contribution in [0.4, 0.5) is 18.9 Å². The van der Waals surface area contributed by atoms with Gasteiger partial charge in [0.1, 0.15) is 0 Å². The first-order valence-electron chi connectivity index (χ1n) is 10.5. The highest BCUT2D eigenvalue weighted by Gasteiger charge is 2.39. The fourth-order valence-corrected chi connectivity index (χ4v) is 4.74. The lowest BCUT2D eigenvalue weighted by Gasteiger charge is -2.35. The van der Waals surface area contributed by atoms with E-state index < -0.39 is 12.1 Å². The number of pyridine rings is 1. The first kappa shape index (κ1) is 22.4. The van der Waals surface area contributed by atoms with Gasteiger partial charge in [0.05, 0.1) is 11.9 Å². The van der Waals surface area contributed by atoms with Crippen LogP contribution in [0.15, 0.2) is 24.5 Å². The number of carboxylic acids is 1. The smallest absolute Gasteiger partial charge is 0.475 e. The zero-order chi connectivity index (χ0) is 21.7. The van der Waals surface area contributed by atoms with Crippen LogP contribution in [-0.4, -0.2) is 59.2 Å². The van der Waals surface area contributed by atoms with Gasteiger partial charge in [-0.1, -0.05) is 12.8 Å². The Bertz CT molecular complexity index is 723. The zero-order valence-electron chi connectivity index (χ0n) is 16.9. The number of nitrogens with zero attached hydrogens (tertiary/aromatic N) is 3. The standard InChI is InChI=1S/C19H27N3O.C2HF3O2/c23-19(10-15-4-1-2-5-15)22-12-16-7-9-21(13-17(16)14-22)18-6-3-8-20-11-18;3-2(4,5)1(6)7/h3,6,8,11,15-17H,1-2,4-5,7,9-10,12-14H2;(H,6,7)/t16-,17+;/m0./s1. The molecule has 1 aromatic rings. The molecule has 0 unspecified atom stereocenters. The van der Waals surface area contributed by atoms with Crippen molar-refractivity contribution >= 4 is 17.6 Å². The summed E-state index contributed by atoms with van der Waals surface area (Å²) in [6.07, 6.45) is 5.88. The van der Waals surface area contributed by atoms with Gasteiger partial charge in [0.2, 0.25) is 5.91 Å². The normalized spacial score (nSPS) is 24.2. The van der Waals surface area contributed by atoms with Crippen LogP contribution in [0.3, 0.4) is 0 Å². The van der Waals surface area contributed by atoms with E-state index in [0.717, 1.165) is 32.6 Å². The summed E-state index contributed by atoms with van der Waals surface area (Å²) in [5, 5.41) is 7.12. The molecule has 0 radical (unpaired) electrons. The molecule has 2 saturated heterocycles. The molecule has 2 aliphatic heterocycles.